The number of hydrogen-bond donors (Lipinski definition) is 0. The summed E-state index contributed by atoms with van der Waals surface area (Å²) in [6.07, 6.45) is 4.47. The summed E-state index contributed by atoms with van der Waals surface area (Å²) < 4.78 is 57.8. The molecule has 3 aromatic rings. The first kappa shape index (κ1) is 16.7. The van der Waals surface area contributed by atoms with Crippen molar-refractivity contribution in [2.75, 3.05) is 13.1 Å². The molecule has 134 valence electrons. The van der Waals surface area contributed by atoms with Crippen LogP contribution >= 0.6 is 0 Å². The van der Waals surface area contributed by atoms with Gasteiger partial charge in [0.15, 0.2) is 0 Å². The van der Waals surface area contributed by atoms with E-state index in [-0.39, 0.29) is 30.7 Å². The average Bonchev–Trinajstić information content (AvgIpc) is 3.03. The third-order valence-corrected chi connectivity index (χ3v) is 5.81. The number of sulfonamides is 1. The molecule has 2 aromatic heterocycles. The summed E-state index contributed by atoms with van der Waals surface area (Å²) in [6.45, 7) is 0.114. The fourth-order valence-corrected chi connectivity index (χ4v) is 4.11. The van der Waals surface area contributed by atoms with Crippen molar-refractivity contribution in [1.82, 2.24) is 24.4 Å². The molecule has 1 aromatic carbocycles. The average molecular weight is 379 g/mol. The van der Waals surface area contributed by atoms with E-state index in [1.165, 1.54) is 18.6 Å². The highest BCUT2D eigenvalue weighted by molar-refractivity contribution is 7.89. The molecule has 0 saturated carbocycles. The van der Waals surface area contributed by atoms with Crippen molar-refractivity contribution in [3.63, 3.8) is 0 Å². The highest BCUT2D eigenvalue weighted by Gasteiger charge is 2.41. The lowest BCUT2D eigenvalue weighted by atomic mass is 10.0. The summed E-state index contributed by atoms with van der Waals surface area (Å²) in [4.78, 5) is 11.6. The highest BCUT2D eigenvalue weighted by Crippen LogP contribution is 2.32. The molecular weight excluding hydrogens is 368 g/mol. The minimum Gasteiger partial charge on any atom is -0.339 e. The SMILES string of the molecule is O=S(=O)(c1ccc(F)cc1F)N1CC(c2nc(-c3cnccn3)no2)C1. The van der Waals surface area contributed by atoms with Crippen LogP contribution < -0.4 is 0 Å². The Morgan fingerprint density at radius 1 is 1.19 bits per heavy atom. The van der Waals surface area contributed by atoms with E-state index >= 15 is 0 Å². The van der Waals surface area contributed by atoms with Crippen molar-refractivity contribution >= 4 is 10.0 Å². The third-order valence-electron chi connectivity index (χ3n) is 3.94. The van der Waals surface area contributed by atoms with Gasteiger partial charge in [0.1, 0.15) is 22.2 Å². The quantitative estimate of drug-likeness (QED) is 0.678. The summed E-state index contributed by atoms with van der Waals surface area (Å²) >= 11 is 0. The Kier molecular flexibility index (Phi) is 3.96. The fraction of sp³-hybridized carbons (Fsp3) is 0.200. The number of nitrogens with zero attached hydrogens (tertiary/aromatic N) is 5. The van der Waals surface area contributed by atoms with Gasteiger partial charge in [-0.15, -0.1) is 0 Å². The van der Waals surface area contributed by atoms with Crippen molar-refractivity contribution in [2.45, 2.75) is 10.8 Å². The molecule has 1 aliphatic heterocycles. The minimum absolute atomic E-state index is 0.0568. The molecule has 0 N–H and O–H groups in total. The molecule has 3 heterocycles. The molecular formula is C15H11F2N5O3S. The normalized spacial score (nSPS) is 15.8. The lowest BCUT2D eigenvalue weighted by molar-refractivity contribution is 0.216. The number of halogens is 2. The van der Waals surface area contributed by atoms with Crippen LogP contribution in [-0.4, -0.2) is 45.9 Å². The highest BCUT2D eigenvalue weighted by atomic mass is 32.2. The Morgan fingerprint density at radius 2 is 2.00 bits per heavy atom. The molecule has 0 spiro atoms. The van der Waals surface area contributed by atoms with Crippen LogP contribution in [0, 0.1) is 11.6 Å². The van der Waals surface area contributed by atoms with Gasteiger partial charge in [-0.2, -0.15) is 9.29 Å². The molecule has 0 unspecified atom stereocenters. The van der Waals surface area contributed by atoms with Crippen LogP contribution in [0.4, 0.5) is 8.78 Å². The second kappa shape index (κ2) is 6.18. The predicted octanol–water partition coefficient (Wildman–Crippen LogP) is 1.59. The van der Waals surface area contributed by atoms with E-state index in [1.54, 1.807) is 0 Å². The van der Waals surface area contributed by atoms with E-state index in [0.717, 1.165) is 16.4 Å². The van der Waals surface area contributed by atoms with Crippen LogP contribution in [0.15, 0.2) is 46.2 Å². The molecule has 11 heteroatoms. The van der Waals surface area contributed by atoms with Gasteiger partial charge in [-0.3, -0.25) is 4.98 Å². The largest absolute Gasteiger partial charge is 0.339 e. The first-order valence-electron chi connectivity index (χ1n) is 7.50. The van der Waals surface area contributed by atoms with Crippen molar-refractivity contribution in [3.05, 3.63) is 54.3 Å². The van der Waals surface area contributed by atoms with Gasteiger partial charge in [0.2, 0.25) is 21.7 Å². The van der Waals surface area contributed by atoms with Crippen molar-refractivity contribution in [3.8, 4) is 11.5 Å². The second-order valence-corrected chi connectivity index (χ2v) is 7.55. The van der Waals surface area contributed by atoms with Crippen LogP contribution in [-0.2, 0) is 10.0 Å². The fourth-order valence-electron chi connectivity index (χ4n) is 2.53. The zero-order chi connectivity index (χ0) is 18.3. The number of rotatable bonds is 4. The van der Waals surface area contributed by atoms with Crippen molar-refractivity contribution < 1.29 is 21.7 Å². The van der Waals surface area contributed by atoms with Crippen LogP contribution in [0.3, 0.4) is 0 Å². The molecule has 0 amide bonds. The monoisotopic (exact) mass is 379 g/mol. The molecule has 8 nitrogen and oxygen atoms in total. The van der Waals surface area contributed by atoms with Crippen molar-refractivity contribution in [2.24, 2.45) is 0 Å². The lowest BCUT2D eigenvalue weighted by Gasteiger charge is -2.35. The molecule has 0 atom stereocenters. The Hall–Kier alpha value is -2.79. The van der Waals surface area contributed by atoms with Crippen LogP contribution in [0.1, 0.15) is 11.8 Å². The standard InChI is InChI=1S/C15H11F2N5O3S/c16-10-1-2-13(11(17)5-10)26(23,24)22-7-9(8-22)15-20-14(21-25-15)12-6-18-3-4-19-12/h1-6,9H,7-8H2. The molecule has 4 rings (SSSR count). The summed E-state index contributed by atoms with van der Waals surface area (Å²) in [6, 6.07) is 2.35. The maximum atomic E-state index is 13.8. The van der Waals surface area contributed by atoms with Crippen LogP contribution in [0.25, 0.3) is 11.5 Å². The summed E-state index contributed by atoms with van der Waals surface area (Å²) in [5.41, 5.74) is 0.430. The van der Waals surface area contributed by atoms with E-state index in [4.69, 9.17) is 4.52 Å². The predicted molar refractivity (Wildman–Crippen MR) is 83.2 cm³/mol. The first-order valence-corrected chi connectivity index (χ1v) is 8.94. The van der Waals surface area contributed by atoms with Gasteiger partial charge >= 0.3 is 0 Å². The van der Waals surface area contributed by atoms with E-state index in [1.807, 2.05) is 0 Å². The number of aromatic nitrogens is 4. The van der Waals surface area contributed by atoms with Gasteiger partial charge in [0.05, 0.1) is 12.1 Å². The van der Waals surface area contributed by atoms with Gasteiger partial charge in [-0.25, -0.2) is 22.2 Å². The van der Waals surface area contributed by atoms with Crippen LogP contribution in [0.5, 0.6) is 0 Å². The topological polar surface area (TPSA) is 102 Å². The maximum Gasteiger partial charge on any atom is 0.246 e. The minimum atomic E-state index is -4.06. The van der Waals surface area contributed by atoms with Crippen molar-refractivity contribution in [1.29, 1.82) is 0 Å². The Balaban J connectivity index is 1.49. The molecule has 1 fully saturated rings. The van der Waals surface area contributed by atoms with Gasteiger partial charge in [-0.05, 0) is 12.1 Å². The Morgan fingerprint density at radius 3 is 2.69 bits per heavy atom. The van der Waals surface area contributed by atoms with Gasteiger partial charge in [0, 0.05) is 31.5 Å². The zero-order valence-corrected chi connectivity index (χ0v) is 13.9. The molecule has 0 bridgehead atoms. The molecule has 1 aliphatic rings. The molecule has 0 radical (unpaired) electrons. The van der Waals surface area contributed by atoms with E-state index in [2.05, 4.69) is 20.1 Å². The van der Waals surface area contributed by atoms with Gasteiger partial charge < -0.3 is 4.52 Å². The van der Waals surface area contributed by atoms with E-state index < -0.39 is 26.6 Å². The number of hydrogen-bond acceptors (Lipinski definition) is 7. The molecule has 0 aliphatic carbocycles. The summed E-state index contributed by atoms with van der Waals surface area (Å²) in [5.74, 6) is -1.77. The Labute approximate surface area is 146 Å². The molecule has 1 saturated heterocycles. The maximum absolute atomic E-state index is 13.8. The van der Waals surface area contributed by atoms with E-state index in [0.29, 0.717) is 11.8 Å². The molecule has 26 heavy (non-hydrogen) atoms. The first-order chi connectivity index (χ1) is 12.4. The second-order valence-electron chi connectivity index (χ2n) is 5.64. The van der Waals surface area contributed by atoms with Crippen LogP contribution in [0.2, 0.25) is 0 Å². The number of benzene rings is 1. The van der Waals surface area contributed by atoms with Gasteiger partial charge in [0.25, 0.3) is 0 Å². The smallest absolute Gasteiger partial charge is 0.246 e. The zero-order valence-electron chi connectivity index (χ0n) is 13.1. The van der Waals surface area contributed by atoms with Gasteiger partial charge in [-0.1, -0.05) is 5.16 Å². The third kappa shape index (κ3) is 2.84. The lowest BCUT2D eigenvalue weighted by Crippen LogP contribution is -2.48. The summed E-state index contributed by atoms with van der Waals surface area (Å²) in [5, 5.41) is 3.80. The summed E-state index contributed by atoms with van der Waals surface area (Å²) in [7, 11) is -4.06. The Bertz CT molecular complexity index is 1050. The van der Waals surface area contributed by atoms with E-state index in [9.17, 15) is 17.2 Å².